The molecular weight excluding hydrogens is 370 g/mol. The van der Waals surface area contributed by atoms with Crippen molar-refractivity contribution >= 4 is 22.9 Å². The summed E-state index contributed by atoms with van der Waals surface area (Å²) < 4.78 is 5.45. The minimum absolute atomic E-state index is 0.166. The van der Waals surface area contributed by atoms with Crippen molar-refractivity contribution in [2.45, 2.75) is 20.8 Å². The average molecular weight is 389 g/mol. The van der Waals surface area contributed by atoms with Crippen LogP contribution in [0.3, 0.4) is 0 Å². The Labute approximate surface area is 167 Å². The number of carbonyl (C=O) groups is 1. The van der Waals surface area contributed by atoms with Crippen LogP contribution in [-0.2, 0) is 0 Å². The first-order chi connectivity index (χ1) is 13.5. The van der Waals surface area contributed by atoms with Gasteiger partial charge >= 0.3 is 0 Å². The van der Waals surface area contributed by atoms with Gasteiger partial charge in [-0.1, -0.05) is 41.1 Å². The zero-order valence-corrected chi connectivity index (χ0v) is 16.6. The van der Waals surface area contributed by atoms with Gasteiger partial charge in [0.25, 0.3) is 11.8 Å². The van der Waals surface area contributed by atoms with Crippen LogP contribution >= 0.6 is 11.3 Å². The molecule has 0 atom stereocenters. The first-order valence-corrected chi connectivity index (χ1v) is 9.76. The molecule has 0 saturated carbocycles. The van der Waals surface area contributed by atoms with Crippen molar-refractivity contribution in [2.24, 2.45) is 0 Å². The third-order valence-corrected chi connectivity index (χ3v) is 5.51. The summed E-state index contributed by atoms with van der Waals surface area (Å²) in [7, 11) is 0. The Balaban J connectivity index is 1.58. The maximum absolute atomic E-state index is 12.6. The second-order valence-electron chi connectivity index (χ2n) is 6.71. The smallest absolute Gasteiger partial charge is 0.270 e. The van der Waals surface area contributed by atoms with Gasteiger partial charge < -0.3 is 9.84 Å². The van der Waals surface area contributed by atoms with Crippen LogP contribution in [-0.4, -0.2) is 16.0 Å². The van der Waals surface area contributed by atoms with Crippen molar-refractivity contribution in [3.63, 3.8) is 0 Å². The number of anilines is 1. The maximum atomic E-state index is 12.6. The number of aromatic nitrogens is 2. The van der Waals surface area contributed by atoms with Gasteiger partial charge in [-0.05, 0) is 55.5 Å². The van der Waals surface area contributed by atoms with E-state index < -0.39 is 0 Å². The lowest BCUT2D eigenvalue weighted by Crippen LogP contribution is -2.12. The highest BCUT2D eigenvalue weighted by molar-refractivity contribution is 7.14. The molecule has 6 heteroatoms. The SMILES string of the molecule is Cc1ccc(-c2noc(-c3sccc3NC(=O)c3ccc(C)c(C)c3)n2)cc1. The largest absolute Gasteiger partial charge is 0.333 e. The third-order valence-electron chi connectivity index (χ3n) is 4.61. The van der Waals surface area contributed by atoms with E-state index in [2.05, 4.69) is 15.5 Å². The van der Waals surface area contributed by atoms with Crippen molar-refractivity contribution in [2.75, 3.05) is 5.32 Å². The summed E-state index contributed by atoms with van der Waals surface area (Å²) in [5.41, 5.74) is 5.57. The van der Waals surface area contributed by atoms with Crippen molar-refractivity contribution in [1.82, 2.24) is 10.1 Å². The second-order valence-corrected chi connectivity index (χ2v) is 7.62. The van der Waals surface area contributed by atoms with E-state index in [0.717, 1.165) is 21.6 Å². The minimum Gasteiger partial charge on any atom is -0.333 e. The summed E-state index contributed by atoms with van der Waals surface area (Å²) in [5, 5.41) is 8.92. The van der Waals surface area contributed by atoms with Crippen molar-refractivity contribution in [3.8, 4) is 22.2 Å². The molecule has 0 aliphatic carbocycles. The Bertz CT molecular complexity index is 1140. The summed E-state index contributed by atoms with van der Waals surface area (Å²) >= 11 is 1.45. The van der Waals surface area contributed by atoms with Crippen LogP contribution < -0.4 is 5.32 Å². The lowest BCUT2D eigenvalue weighted by atomic mass is 10.1. The highest BCUT2D eigenvalue weighted by atomic mass is 32.1. The predicted octanol–water partition coefficient (Wildman–Crippen LogP) is 5.64. The van der Waals surface area contributed by atoms with Gasteiger partial charge in [0.15, 0.2) is 0 Å². The van der Waals surface area contributed by atoms with Crippen LogP contribution in [0.25, 0.3) is 22.2 Å². The number of hydrogen-bond donors (Lipinski definition) is 1. The number of thiophene rings is 1. The van der Waals surface area contributed by atoms with Gasteiger partial charge in [0, 0.05) is 11.1 Å². The minimum atomic E-state index is -0.166. The van der Waals surface area contributed by atoms with Gasteiger partial charge in [-0.3, -0.25) is 4.79 Å². The molecule has 5 nitrogen and oxygen atoms in total. The lowest BCUT2D eigenvalue weighted by molar-refractivity contribution is 0.102. The summed E-state index contributed by atoms with van der Waals surface area (Å²) in [5.74, 6) is 0.747. The number of benzene rings is 2. The summed E-state index contributed by atoms with van der Waals surface area (Å²) in [6.07, 6.45) is 0. The van der Waals surface area contributed by atoms with Gasteiger partial charge in [0.05, 0.1) is 5.69 Å². The monoisotopic (exact) mass is 389 g/mol. The highest BCUT2D eigenvalue weighted by Crippen LogP contribution is 2.34. The topological polar surface area (TPSA) is 68.0 Å². The molecule has 140 valence electrons. The van der Waals surface area contributed by atoms with Crippen LogP contribution in [0.4, 0.5) is 5.69 Å². The Kier molecular flexibility index (Phi) is 4.79. The van der Waals surface area contributed by atoms with E-state index >= 15 is 0 Å². The van der Waals surface area contributed by atoms with E-state index in [1.165, 1.54) is 16.9 Å². The molecule has 1 amide bonds. The third kappa shape index (κ3) is 3.59. The van der Waals surface area contributed by atoms with E-state index in [4.69, 9.17) is 4.52 Å². The van der Waals surface area contributed by atoms with Crippen LogP contribution in [0.5, 0.6) is 0 Å². The number of rotatable bonds is 4. The molecule has 4 rings (SSSR count). The number of nitrogens with zero attached hydrogens (tertiary/aromatic N) is 2. The lowest BCUT2D eigenvalue weighted by Gasteiger charge is -2.07. The summed E-state index contributed by atoms with van der Waals surface area (Å²) in [4.78, 5) is 17.9. The van der Waals surface area contributed by atoms with Gasteiger partial charge in [-0.25, -0.2) is 0 Å². The van der Waals surface area contributed by atoms with E-state index in [9.17, 15) is 4.79 Å². The fourth-order valence-corrected chi connectivity index (χ4v) is 3.56. The average Bonchev–Trinajstić information content (AvgIpc) is 3.34. The van der Waals surface area contributed by atoms with Gasteiger partial charge in [0.2, 0.25) is 5.82 Å². The van der Waals surface area contributed by atoms with Crippen molar-refractivity contribution in [1.29, 1.82) is 0 Å². The van der Waals surface area contributed by atoms with E-state index in [1.807, 2.05) is 74.7 Å². The molecule has 0 bridgehead atoms. The van der Waals surface area contributed by atoms with Gasteiger partial charge in [-0.15, -0.1) is 11.3 Å². The maximum Gasteiger partial charge on any atom is 0.270 e. The second kappa shape index (κ2) is 7.40. The molecule has 2 heterocycles. The van der Waals surface area contributed by atoms with Crippen LogP contribution in [0, 0.1) is 20.8 Å². The fourth-order valence-electron chi connectivity index (χ4n) is 2.79. The molecule has 0 aliphatic heterocycles. The van der Waals surface area contributed by atoms with E-state index in [0.29, 0.717) is 23.0 Å². The molecule has 0 saturated heterocycles. The number of nitrogens with one attached hydrogen (secondary N) is 1. The molecule has 0 fully saturated rings. The van der Waals surface area contributed by atoms with Gasteiger partial charge in [-0.2, -0.15) is 4.98 Å². The zero-order chi connectivity index (χ0) is 19.7. The van der Waals surface area contributed by atoms with Crippen molar-refractivity contribution in [3.05, 3.63) is 76.2 Å². The Morgan fingerprint density at radius 1 is 1.00 bits per heavy atom. The normalized spacial score (nSPS) is 10.8. The molecular formula is C22H19N3O2S. The molecule has 0 radical (unpaired) electrons. The molecule has 2 aromatic carbocycles. The molecule has 2 aromatic heterocycles. The van der Waals surface area contributed by atoms with E-state index in [-0.39, 0.29) is 5.91 Å². The molecule has 0 spiro atoms. The van der Waals surface area contributed by atoms with Crippen LogP contribution in [0.1, 0.15) is 27.0 Å². The predicted molar refractivity (Wildman–Crippen MR) is 112 cm³/mol. The van der Waals surface area contributed by atoms with Crippen molar-refractivity contribution < 1.29 is 9.32 Å². The highest BCUT2D eigenvalue weighted by Gasteiger charge is 2.18. The Hall–Kier alpha value is -3.25. The first kappa shape index (κ1) is 18.1. The molecule has 0 aliphatic rings. The number of hydrogen-bond acceptors (Lipinski definition) is 5. The quantitative estimate of drug-likeness (QED) is 0.490. The number of aryl methyl sites for hydroxylation is 3. The number of carbonyl (C=O) groups excluding carboxylic acids is 1. The molecule has 1 N–H and O–H groups in total. The molecule has 28 heavy (non-hydrogen) atoms. The Morgan fingerprint density at radius 3 is 2.54 bits per heavy atom. The molecule has 4 aromatic rings. The van der Waals surface area contributed by atoms with Crippen LogP contribution in [0.2, 0.25) is 0 Å². The standard InChI is InChI=1S/C22H19N3O2S/c1-13-4-7-16(8-5-13)20-24-22(27-25-20)19-18(10-11-28-19)23-21(26)17-9-6-14(2)15(3)12-17/h4-12H,1-3H3,(H,23,26). The Morgan fingerprint density at radius 2 is 1.79 bits per heavy atom. The first-order valence-electron chi connectivity index (χ1n) is 8.88. The zero-order valence-electron chi connectivity index (χ0n) is 15.8. The van der Waals surface area contributed by atoms with Gasteiger partial charge in [0.1, 0.15) is 4.88 Å². The number of amides is 1. The summed E-state index contributed by atoms with van der Waals surface area (Å²) in [6, 6.07) is 15.4. The van der Waals surface area contributed by atoms with E-state index in [1.54, 1.807) is 0 Å². The summed E-state index contributed by atoms with van der Waals surface area (Å²) in [6.45, 7) is 6.05. The van der Waals surface area contributed by atoms with Crippen LogP contribution in [0.15, 0.2) is 58.4 Å². The fraction of sp³-hybridized carbons (Fsp3) is 0.136. The molecule has 0 unspecified atom stereocenters.